The molecule has 3 fully saturated rings. The van der Waals surface area contributed by atoms with Gasteiger partial charge in [-0.2, -0.15) is 0 Å². The summed E-state index contributed by atoms with van der Waals surface area (Å²) in [5, 5.41) is 1.07. The summed E-state index contributed by atoms with van der Waals surface area (Å²) < 4.78 is 10.5. The standard InChI is InChI=1S/C36H39N7O3/c1-46-31-17-27(36(45)40-14-6-10-28(37)22-40)15-29-32(31)43(21-24-18-41(19-24)35(44)25-7-3-2-4-8-25)34(39-29)30-16-26-9-5-13-38-33(26)42(30)20-23-11-12-23/h2-5,7-9,13,15-17,23-24,28H,6,10-12,14,18-22,37H2,1H3/t28-/m1/s1. The van der Waals surface area contributed by atoms with Crippen LogP contribution in [0.25, 0.3) is 33.6 Å². The largest absolute Gasteiger partial charge is 0.494 e. The molecule has 2 saturated heterocycles. The van der Waals surface area contributed by atoms with E-state index in [1.54, 1.807) is 7.11 Å². The van der Waals surface area contributed by atoms with E-state index in [1.165, 1.54) is 12.8 Å². The van der Waals surface area contributed by atoms with Gasteiger partial charge in [-0.05, 0) is 74.1 Å². The second-order valence-corrected chi connectivity index (χ2v) is 13.2. The average Bonchev–Trinajstić information content (AvgIpc) is 3.71. The number of rotatable bonds is 8. The second kappa shape index (κ2) is 11.6. The van der Waals surface area contributed by atoms with Crippen molar-refractivity contribution in [2.75, 3.05) is 33.3 Å². The van der Waals surface area contributed by atoms with E-state index in [9.17, 15) is 9.59 Å². The molecule has 1 atom stereocenters. The molecule has 3 aliphatic rings. The van der Waals surface area contributed by atoms with Crippen LogP contribution in [0.15, 0.2) is 66.9 Å². The van der Waals surface area contributed by atoms with E-state index in [4.69, 9.17) is 20.4 Å². The molecular weight excluding hydrogens is 578 g/mol. The zero-order valence-electron chi connectivity index (χ0n) is 26.1. The maximum atomic E-state index is 13.7. The minimum Gasteiger partial charge on any atom is -0.494 e. The van der Waals surface area contributed by atoms with Crippen LogP contribution >= 0.6 is 0 Å². The Morgan fingerprint density at radius 1 is 0.870 bits per heavy atom. The fourth-order valence-electron chi connectivity index (χ4n) is 7.15. The van der Waals surface area contributed by atoms with Crippen molar-refractivity contribution >= 4 is 33.9 Å². The van der Waals surface area contributed by atoms with E-state index in [-0.39, 0.29) is 23.8 Å². The highest BCUT2D eigenvalue weighted by molar-refractivity contribution is 6.00. The van der Waals surface area contributed by atoms with Crippen molar-refractivity contribution in [3.05, 3.63) is 78.0 Å². The summed E-state index contributed by atoms with van der Waals surface area (Å²) in [4.78, 5) is 40.6. The third-order valence-electron chi connectivity index (χ3n) is 9.75. The lowest BCUT2D eigenvalue weighted by molar-refractivity contribution is 0.0471. The van der Waals surface area contributed by atoms with Crippen LogP contribution in [-0.4, -0.2) is 80.0 Å². The van der Waals surface area contributed by atoms with Crippen LogP contribution in [0.1, 0.15) is 46.4 Å². The third-order valence-corrected chi connectivity index (χ3v) is 9.75. The number of pyridine rings is 1. The molecule has 2 aliphatic heterocycles. The minimum absolute atomic E-state index is 0.00745. The quantitative estimate of drug-likeness (QED) is 0.268. The molecule has 0 radical (unpaired) electrons. The highest BCUT2D eigenvalue weighted by atomic mass is 16.5. The van der Waals surface area contributed by atoms with Crippen molar-refractivity contribution in [3.63, 3.8) is 0 Å². The van der Waals surface area contributed by atoms with Gasteiger partial charge >= 0.3 is 0 Å². The van der Waals surface area contributed by atoms with Gasteiger partial charge in [0.25, 0.3) is 11.8 Å². The molecule has 2 N–H and O–H groups in total. The molecule has 236 valence electrons. The Morgan fingerprint density at radius 3 is 2.41 bits per heavy atom. The SMILES string of the molecule is COc1cc(C(=O)N2CCC[C@@H](N)C2)cc2nc(-c3cc4cccnc4n3CC3CC3)n(CC3CN(C(=O)c4ccccc4)C3)c12. The number of hydrogen-bond acceptors (Lipinski definition) is 6. The normalized spacial score (nSPS) is 18.7. The molecule has 1 saturated carbocycles. The van der Waals surface area contributed by atoms with E-state index in [1.807, 2.05) is 64.5 Å². The highest BCUT2D eigenvalue weighted by Crippen LogP contribution is 2.39. The van der Waals surface area contributed by atoms with Crippen molar-refractivity contribution in [1.29, 1.82) is 0 Å². The van der Waals surface area contributed by atoms with Gasteiger partial charge in [0.15, 0.2) is 5.82 Å². The van der Waals surface area contributed by atoms with Gasteiger partial charge in [0, 0.05) is 73.9 Å². The first-order valence-electron chi connectivity index (χ1n) is 16.4. The van der Waals surface area contributed by atoms with Crippen molar-refractivity contribution in [1.82, 2.24) is 28.9 Å². The summed E-state index contributed by atoms with van der Waals surface area (Å²) in [5.74, 6) is 2.32. The predicted octanol–water partition coefficient (Wildman–Crippen LogP) is 4.81. The summed E-state index contributed by atoms with van der Waals surface area (Å²) in [6.45, 7) is 4.11. The van der Waals surface area contributed by atoms with Crippen molar-refractivity contribution in [2.45, 2.75) is 44.8 Å². The van der Waals surface area contributed by atoms with Crippen LogP contribution in [0, 0.1) is 11.8 Å². The molecule has 2 amide bonds. The molecule has 0 spiro atoms. The van der Waals surface area contributed by atoms with E-state index < -0.39 is 0 Å². The number of nitrogens with two attached hydrogens (primary N) is 1. The lowest BCUT2D eigenvalue weighted by Crippen LogP contribution is -2.51. The number of benzene rings is 2. The van der Waals surface area contributed by atoms with Crippen molar-refractivity contribution in [3.8, 4) is 17.3 Å². The Hall–Kier alpha value is -4.70. The number of fused-ring (bicyclic) bond motifs is 2. The summed E-state index contributed by atoms with van der Waals surface area (Å²) in [6, 6.07) is 19.4. The van der Waals surface area contributed by atoms with Crippen LogP contribution in [0.3, 0.4) is 0 Å². The molecule has 3 aromatic heterocycles. The number of ether oxygens (including phenoxy) is 1. The zero-order chi connectivity index (χ0) is 31.4. The maximum Gasteiger partial charge on any atom is 0.254 e. The summed E-state index contributed by atoms with van der Waals surface area (Å²) in [7, 11) is 1.65. The molecule has 8 rings (SSSR count). The molecule has 1 aliphatic carbocycles. The smallest absolute Gasteiger partial charge is 0.254 e. The predicted molar refractivity (Wildman–Crippen MR) is 177 cm³/mol. The summed E-state index contributed by atoms with van der Waals surface area (Å²) in [6.07, 6.45) is 6.11. The second-order valence-electron chi connectivity index (χ2n) is 13.2. The number of methoxy groups -OCH3 is 1. The first kappa shape index (κ1) is 28.8. The lowest BCUT2D eigenvalue weighted by atomic mass is 9.98. The number of likely N-dealkylation sites (tertiary alicyclic amines) is 2. The molecule has 10 nitrogen and oxygen atoms in total. The molecule has 0 bridgehead atoms. The molecule has 5 heterocycles. The van der Waals surface area contributed by atoms with Crippen LogP contribution in [-0.2, 0) is 13.1 Å². The van der Waals surface area contributed by atoms with Crippen molar-refractivity contribution in [2.24, 2.45) is 17.6 Å². The number of nitrogens with zero attached hydrogens (tertiary/aromatic N) is 6. The minimum atomic E-state index is -0.0486. The number of imidazole rings is 1. The van der Waals surface area contributed by atoms with E-state index in [2.05, 4.69) is 21.3 Å². The Kier molecular flexibility index (Phi) is 7.24. The van der Waals surface area contributed by atoms with Gasteiger partial charge in [-0.15, -0.1) is 0 Å². The first-order chi connectivity index (χ1) is 22.5. The van der Waals surface area contributed by atoms with Gasteiger partial charge in [-0.1, -0.05) is 18.2 Å². The zero-order valence-corrected chi connectivity index (χ0v) is 26.1. The van der Waals surface area contributed by atoms with Crippen LogP contribution < -0.4 is 10.5 Å². The number of carbonyl (C=O) groups is 2. The molecule has 46 heavy (non-hydrogen) atoms. The van der Waals surface area contributed by atoms with Crippen LogP contribution in [0.4, 0.5) is 0 Å². The van der Waals surface area contributed by atoms with Crippen LogP contribution in [0.5, 0.6) is 5.75 Å². The Balaban J connectivity index is 1.21. The Bertz CT molecular complexity index is 1940. The summed E-state index contributed by atoms with van der Waals surface area (Å²) >= 11 is 0. The number of carbonyl (C=O) groups excluding carboxylic acids is 2. The number of hydrogen-bond donors (Lipinski definition) is 1. The van der Waals surface area contributed by atoms with Gasteiger partial charge in [0.2, 0.25) is 0 Å². The van der Waals surface area contributed by atoms with Gasteiger partial charge in [0.1, 0.15) is 16.9 Å². The van der Waals surface area contributed by atoms with E-state index >= 15 is 0 Å². The third kappa shape index (κ3) is 5.20. The topological polar surface area (TPSA) is 112 Å². The van der Waals surface area contributed by atoms with Gasteiger partial charge in [-0.25, -0.2) is 9.97 Å². The molecular formula is C36H39N7O3. The first-order valence-corrected chi connectivity index (χ1v) is 16.4. The molecule has 0 unspecified atom stereocenters. The van der Waals surface area contributed by atoms with Crippen LogP contribution in [0.2, 0.25) is 0 Å². The van der Waals surface area contributed by atoms with Crippen molar-refractivity contribution < 1.29 is 14.3 Å². The number of piperidine rings is 1. The molecule has 2 aromatic carbocycles. The monoisotopic (exact) mass is 617 g/mol. The van der Waals surface area contributed by atoms with E-state index in [0.29, 0.717) is 61.0 Å². The summed E-state index contributed by atoms with van der Waals surface area (Å²) in [5.41, 5.74) is 11.0. The molecule has 10 heteroatoms. The average molecular weight is 618 g/mol. The Labute approximate surface area is 267 Å². The van der Waals surface area contributed by atoms with Gasteiger partial charge in [0.05, 0.1) is 18.3 Å². The van der Waals surface area contributed by atoms with E-state index in [0.717, 1.165) is 47.5 Å². The van der Waals surface area contributed by atoms with Gasteiger partial charge < -0.3 is 29.4 Å². The fraction of sp³-hybridized carbons (Fsp3) is 0.389. The molecule has 5 aromatic rings. The number of aromatic nitrogens is 4. The van der Waals surface area contributed by atoms with Gasteiger partial charge in [-0.3, -0.25) is 9.59 Å². The fourth-order valence-corrected chi connectivity index (χ4v) is 7.15. The lowest BCUT2D eigenvalue weighted by Gasteiger charge is -2.39. The number of amides is 2. The highest BCUT2D eigenvalue weighted by Gasteiger charge is 2.34. The maximum absolute atomic E-state index is 13.7. The Morgan fingerprint density at radius 2 is 1.65 bits per heavy atom.